The highest BCUT2D eigenvalue weighted by Gasteiger charge is 2.25. The number of likely N-dealkylation sites (tertiary alicyclic amines) is 1. The summed E-state index contributed by atoms with van der Waals surface area (Å²) in [4.78, 5) is 26.9. The Labute approximate surface area is 206 Å². The molecule has 1 saturated heterocycles. The highest BCUT2D eigenvalue weighted by atomic mass is 32.1. The predicted molar refractivity (Wildman–Crippen MR) is 127 cm³/mol. The summed E-state index contributed by atoms with van der Waals surface area (Å²) in [7, 11) is 1.17. The van der Waals surface area contributed by atoms with Crippen molar-refractivity contribution in [2.24, 2.45) is 0 Å². The van der Waals surface area contributed by atoms with Crippen molar-refractivity contribution < 1.29 is 33.0 Å². The van der Waals surface area contributed by atoms with Gasteiger partial charge in [0.1, 0.15) is 23.2 Å². The second-order valence-corrected chi connectivity index (χ2v) is 9.04. The number of rotatable bonds is 11. The van der Waals surface area contributed by atoms with Gasteiger partial charge in [0, 0.05) is 18.2 Å². The Bertz CT molecular complexity index is 1040. The number of carbonyl (C=O) groups is 2. The number of carbonyl (C=O) groups excluding carboxylic acids is 2. The van der Waals surface area contributed by atoms with E-state index in [2.05, 4.69) is 19.9 Å². The van der Waals surface area contributed by atoms with Crippen molar-refractivity contribution in [1.29, 1.82) is 0 Å². The van der Waals surface area contributed by atoms with Gasteiger partial charge in [-0.1, -0.05) is 0 Å². The first-order chi connectivity index (χ1) is 16.8. The van der Waals surface area contributed by atoms with E-state index < -0.39 is 23.6 Å². The topological polar surface area (TPSA) is 113 Å². The number of aliphatic hydroxyl groups is 1. The molecule has 1 aliphatic rings. The summed E-state index contributed by atoms with van der Waals surface area (Å²) in [6.45, 7) is 3.52. The van der Waals surface area contributed by atoms with Gasteiger partial charge in [-0.05, 0) is 74.9 Å². The number of benzene rings is 1. The molecule has 1 aliphatic heterocycles. The summed E-state index contributed by atoms with van der Waals surface area (Å²) in [6, 6.07) is 1.79. The smallest absolute Gasteiger partial charge is 0.346 e. The van der Waals surface area contributed by atoms with Crippen molar-refractivity contribution in [3.05, 3.63) is 40.5 Å². The zero-order valence-corrected chi connectivity index (χ0v) is 20.6. The van der Waals surface area contributed by atoms with E-state index in [1.807, 2.05) is 0 Å². The molecule has 0 radical (unpaired) electrons. The van der Waals surface area contributed by atoms with Crippen LogP contribution in [0.3, 0.4) is 0 Å². The normalized spacial score (nSPS) is 15.7. The van der Waals surface area contributed by atoms with Crippen molar-refractivity contribution in [2.75, 3.05) is 38.7 Å². The minimum Gasteiger partial charge on any atom is -0.471 e. The van der Waals surface area contributed by atoms with Gasteiger partial charge in [0.15, 0.2) is 5.56 Å². The number of aromatic nitrogens is 1. The second kappa shape index (κ2) is 12.8. The number of hydrogen-bond acceptors (Lipinski definition) is 8. The minimum absolute atomic E-state index is 0.0385. The summed E-state index contributed by atoms with van der Waals surface area (Å²) < 4.78 is 42.1. The van der Waals surface area contributed by atoms with Gasteiger partial charge >= 0.3 is 12.0 Å². The molecule has 9 nitrogen and oxygen atoms in total. The number of ether oxygens (including phenoxy) is 2. The zero-order chi connectivity index (χ0) is 25.4. The third kappa shape index (κ3) is 7.09. The number of unbranched alkanes of at least 4 members (excludes halogenated alkanes) is 1. The lowest BCUT2D eigenvalue weighted by Gasteiger charge is -2.22. The van der Waals surface area contributed by atoms with Crippen LogP contribution in [-0.2, 0) is 11.3 Å². The van der Waals surface area contributed by atoms with Gasteiger partial charge in [0.05, 0.1) is 13.7 Å². The SMILES string of the molecule is COC(=O)c1c(OCc2cc(F)c(C)cc2F)nsc1NC(=O)NCCCCN1CCCC1CO. The van der Waals surface area contributed by atoms with Crippen LogP contribution in [-0.4, -0.2) is 65.8 Å². The van der Waals surface area contributed by atoms with Gasteiger partial charge in [0.25, 0.3) is 0 Å². The summed E-state index contributed by atoms with van der Waals surface area (Å²) >= 11 is 0.810. The largest absolute Gasteiger partial charge is 0.471 e. The highest BCUT2D eigenvalue weighted by Crippen LogP contribution is 2.32. The van der Waals surface area contributed by atoms with Crippen LogP contribution in [0.5, 0.6) is 5.88 Å². The van der Waals surface area contributed by atoms with Gasteiger partial charge < -0.3 is 19.9 Å². The van der Waals surface area contributed by atoms with Crippen LogP contribution in [0.2, 0.25) is 0 Å². The first-order valence-corrected chi connectivity index (χ1v) is 12.2. The van der Waals surface area contributed by atoms with Crippen LogP contribution in [0.4, 0.5) is 18.6 Å². The van der Waals surface area contributed by atoms with E-state index in [1.54, 1.807) is 0 Å². The first kappa shape index (κ1) is 26.8. The Kier molecular flexibility index (Phi) is 9.75. The number of nitrogens with one attached hydrogen (secondary N) is 2. The molecule has 35 heavy (non-hydrogen) atoms. The van der Waals surface area contributed by atoms with Gasteiger partial charge in [-0.3, -0.25) is 10.2 Å². The quantitative estimate of drug-likeness (QED) is 0.312. The number of aryl methyl sites for hydroxylation is 1. The lowest BCUT2D eigenvalue weighted by Crippen LogP contribution is -2.34. The van der Waals surface area contributed by atoms with Gasteiger partial charge in [-0.25, -0.2) is 18.4 Å². The van der Waals surface area contributed by atoms with E-state index in [0.29, 0.717) is 6.54 Å². The van der Waals surface area contributed by atoms with Crippen LogP contribution in [0, 0.1) is 18.6 Å². The van der Waals surface area contributed by atoms with E-state index in [4.69, 9.17) is 9.47 Å². The van der Waals surface area contributed by atoms with E-state index >= 15 is 0 Å². The highest BCUT2D eigenvalue weighted by molar-refractivity contribution is 7.11. The monoisotopic (exact) mass is 512 g/mol. The molecule has 12 heteroatoms. The molecule has 2 heterocycles. The average molecular weight is 513 g/mol. The van der Waals surface area contributed by atoms with Gasteiger partial charge in [0.2, 0.25) is 5.88 Å². The van der Waals surface area contributed by atoms with Crippen LogP contribution < -0.4 is 15.4 Å². The Morgan fingerprint density at radius 2 is 2.09 bits per heavy atom. The van der Waals surface area contributed by atoms with Crippen molar-refractivity contribution in [3.63, 3.8) is 0 Å². The maximum atomic E-state index is 14.1. The molecule has 3 rings (SSSR count). The molecule has 0 spiro atoms. The van der Waals surface area contributed by atoms with Crippen LogP contribution in [0.25, 0.3) is 0 Å². The molecule has 1 unspecified atom stereocenters. The lowest BCUT2D eigenvalue weighted by molar-refractivity contribution is 0.0596. The molecular weight excluding hydrogens is 482 g/mol. The molecule has 3 N–H and O–H groups in total. The Hall–Kier alpha value is -2.83. The van der Waals surface area contributed by atoms with Gasteiger partial charge in [-0.2, -0.15) is 4.37 Å². The number of nitrogens with zero attached hydrogens (tertiary/aromatic N) is 2. The summed E-state index contributed by atoms with van der Waals surface area (Å²) in [6.07, 6.45) is 3.73. The number of aliphatic hydroxyl groups excluding tert-OH is 1. The standard InChI is InChI=1S/C23H30F2N4O5S/c1-14-10-18(25)15(11-17(14)24)13-34-20-19(22(31)33-2)21(35-28-20)27-23(32)26-7-3-4-8-29-9-5-6-16(29)12-30/h10-11,16,30H,3-9,12-13H2,1-2H3,(H2,26,27,32). The first-order valence-electron chi connectivity index (χ1n) is 11.4. The van der Waals surface area contributed by atoms with E-state index in [0.717, 1.165) is 62.4 Å². The van der Waals surface area contributed by atoms with E-state index in [9.17, 15) is 23.5 Å². The van der Waals surface area contributed by atoms with Crippen molar-refractivity contribution in [2.45, 2.75) is 45.3 Å². The fraction of sp³-hybridized carbons (Fsp3) is 0.522. The van der Waals surface area contributed by atoms with Crippen molar-refractivity contribution >= 4 is 28.5 Å². The van der Waals surface area contributed by atoms with E-state index in [1.165, 1.54) is 14.0 Å². The van der Waals surface area contributed by atoms with Crippen LogP contribution >= 0.6 is 11.5 Å². The fourth-order valence-corrected chi connectivity index (χ4v) is 4.59. The second-order valence-electron chi connectivity index (χ2n) is 8.27. The third-order valence-electron chi connectivity index (χ3n) is 5.84. The van der Waals surface area contributed by atoms with Crippen molar-refractivity contribution in [3.8, 4) is 5.88 Å². The number of anilines is 1. The Morgan fingerprint density at radius 3 is 2.83 bits per heavy atom. The third-order valence-corrected chi connectivity index (χ3v) is 6.58. The average Bonchev–Trinajstić information content (AvgIpc) is 3.46. The molecule has 1 fully saturated rings. The fourth-order valence-electron chi connectivity index (χ4n) is 3.87. The van der Waals surface area contributed by atoms with Crippen molar-refractivity contribution in [1.82, 2.24) is 14.6 Å². The van der Waals surface area contributed by atoms with Crippen LogP contribution in [0.15, 0.2) is 12.1 Å². The lowest BCUT2D eigenvalue weighted by atomic mass is 10.1. The maximum absolute atomic E-state index is 14.1. The molecule has 0 bridgehead atoms. The molecular formula is C23H30F2N4O5S. The van der Waals surface area contributed by atoms with Gasteiger partial charge in [-0.15, -0.1) is 0 Å². The molecule has 1 atom stereocenters. The number of hydrogen-bond donors (Lipinski definition) is 3. The molecule has 0 aliphatic carbocycles. The summed E-state index contributed by atoms with van der Waals surface area (Å²) in [5.74, 6) is -2.16. The molecule has 1 aromatic heterocycles. The minimum atomic E-state index is -0.788. The number of amides is 2. The summed E-state index contributed by atoms with van der Waals surface area (Å²) in [5, 5.41) is 14.8. The number of halogens is 2. The Balaban J connectivity index is 1.53. The molecule has 2 amide bonds. The number of urea groups is 1. The molecule has 192 valence electrons. The Morgan fingerprint density at radius 1 is 1.29 bits per heavy atom. The molecule has 0 saturated carbocycles. The van der Waals surface area contributed by atoms with E-state index in [-0.39, 0.29) is 46.8 Å². The number of esters is 1. The van der Waals surface area contributed by atoms with Crippen LogP contribution in [0.1, 0.15) is 47.2 Å². The maximum Gasteiger partial charge on any atom is 0.346 e. The zero-order valence-electron chi connectivity index (χ0n) is 19.7. The number of methoxy groups -OCH3 is 1. The molecule has 1 aromatic carbocycles. The molecule has 2 aromatic rings. The predicted octanol–water partition coefficient (Wildman–Crippen LogP) is 3.45. The summed E-state index contributed by atoms with van der Waals surface area (Å²) in [5.41, 5.74) is 0.0196.